The van der Waals surface area contributed by atoms with E-state index in [1.54, 1.807) is 0 Å². The minimum atomic E-state index is 1.20. The molecule has 0 rings (SSSR count). The summed E-state index contributed by atoms with van der Waals surface area (Å²) in [5.41, 5.74) is 0. The van der Waals surface area contributed by atoms with Gasteiger partial charge in [0.05, 0.1) is 54.9 Å². The highest BCUT2D eigenvalue weighted by molar-refractivity contribution is 4.51. The minimum absolute atomic E-state index is 1.20. The third-order valence-electron chi connectivity index (χ3n) is 10.0. The summed E-state index contributed by atoms with van der Waals surface area (Å²) in [6.07, 6.45) is 32.9. The van der Waals surface area contributed by atoms with Crippen LogP contribution in [-0.2, 0) is 0 Å². The van der Waals surface area contributed by atoms with Crippen molar-refractivity contribution < 1.29 is 13.4 Å². The average molecular weight is 583 g/mol. The van der Waals surface area contributed by atoms with Gasteiger partial charge in [-0.1, -0.05) is 130 Å². The van der Waals surface area contributed by atoms with Crippen LogP contribution in [0.4, 0.5) is 0 Å². The maximum atomic E-state index is 2.58. The second-order valence-corrected chi connectivity index (χ2v) is 15.6. The Bertz CT molecular complexity index is 502. The Kier molecular flexibility index (Phi) is 26.2. The fraction of sp³-hybridized carbons (Fsp3) is 1.00. The highest BCUT2D eigenvalue weighted by atomic mass is 15.4. The minimum Gasteiger partial charge on any atom is -0.324 e. The molecule has 0 saturated heterocycles. The zero-order valence-electron chi connectivity index (χ0n) is 30.6. The second kappa shape index (κ2) is 26.3. The van der Waals surface area contributed by atoms with E-state index in [0.717, 1.165) is 0 Å². The summed E-state index contributed by atoms with van der Waals surface area (Å²) in [6, 6.07) is 0. The first-order chi connectivity index (χ1) is 19.6. The van der Waals surface area contributed by atoms with E-state index in [4.69, 9.17) is 0 Å². The van der Waals surface area contributed by atoms with Gasteiger partial charge in [-0.3, -0.25) is 0 Å². The van der Waals surface area contributed by atoms with Gasteiger partial charge in [0.15, 0.2) is 0 Å². The largest absolute Gasteiger partial charge is 0.324 e. The first kappa shape index (κ1) is 40.9. The lowest BCUT2D eigenvalue weighted by Crippen LogP contribution is -2.57. The van der Waals surface area contributed by atoms with Gasteiger partial charge >= 0.3 is 0 Å². The van der Waals surface area contributed by atoms with Crippen LogP contribution < -0.4 is 0 Å². The van der Waals surface area contributed by atoms with Crippen molar-refractivity contribution in [2.45, 2.75) is 168 Å². The van der Waals surface area contributed by atoms with Crippen molar-refractivity contribution in [3.05, 3.63) is 0 Å². The molecule has 0 amide bonds. The van der Waals surface area contributed by atoms with Crippen molar-refractivity contribution in [1.29, 1.82) is 0 Å². The Morgan fingerprint density at radius 1 is 0.244 bits per heavy atom. The van der Waals surface area contributed by atoms with Gasteiger partial charge in [0, 0.05) is 0 Å². The Labute approximate surface area is 262 Å². The Hall–Kier alpha value is -0.120. The summed E-state index contributed by atoms with van der Waals surface area (Å²) in [7, 11) is 12.6. The fourth-order valence-electron chi connectivity index (χ4n) is 6.38. The van der Waals surface area contributed by atoms with Gasteiger partial charge in [-0.15, -0.1) is 0 Å². The summed E-state index contributed by atoms with van der Waals surface area (Å²) in [5.74, 6) is 0. The molecule has 41 heavy (non-hydrogen) atoms. The van der Waals surface area contributed by atoms with Gasteiger partial charge < -0.3 is 13.4 Å². The number of likely N-dealkylation sites (N-methyl/N-ethyl adjacent to an activating group) is 3. The molecular weight excluding hydrogens is 498 g/mol. The number of hydrogen-bond acceptors (Lipinski definition) is 0. The number of quaternary nitrogens is 3. The van der Waals surface area contributed by atoms with E-state index in [-0.39, 0.29) is 0 Å². The van der Waals surface area contributed by atoms with Crippen LogP contribution in [-0.4, -0.2) is 94.5 Å². The zero-order chi connectivity index (χ0) is 30.7. The number of nitrogens with zero attached hydrogens (tertiary/aromatic N) is 3. The monoisotopic (exact) mass is 583 g/mol. The molecule has 248 valence electrons. The van der Waals surface area contributed by atoms with Crippen molar-refractivity contribution in [1.82, 2.24) is 0 Å². The van der Waals surface area contributed by atoms with Gasteiger partial charge in [-0.25, -0.2) is 0 Å². The Morgan fingerprint density at radius 3 is 0.805 bits per heavy atom. The highest BCUT2D eigenvalue weighted by Gasteiger charge is 2.29. The maximum Gasteiger partial charge on any atom is 0.128 e. The van der Waals surface area contributed by atoms with E-state index >= 15 is 0 Å². The van der Waals surface area contributed by atoms with Gasteiger partial charge in [-0.2, -0.15) is 0 Å². The summed E-state index contributed by atoms with van der Waals surface area (Å²) < 4.78 is 3.68. The van der Waals surface area contributed by atoms with E-state index in [1.165, 1.54) is 207 Å². The lowest BCUT2D eigenvalue weighted by atomic mass is 10.1. The van der Waals surface area contributed by atoms with Gasteiger partial charge in [-0.05, 0) is 38.5 Å². The molecule has 0 aliphatic carbocycles. The van der Waals surface area contributed by atoms with E-state index in [1.807, 2.05) is 0 Å². The molecule has 0 N–H and O–H groups in total. The van der Waals surface area contributed by atoms with Crippen LogP contribution in [0.2, 0.25) is 0 Å². The predicted molar refractivity (Wildman–Crippen MR) is 188 cm³/mol. The molecule has 0 spiro atoms. The quantitative estimate of drug-likeness (QED) is 0.0546. The number of rotatable bonds is 32. The molecule has 0 aromatic heterocycles. The maximum absolute atomic E-state index is 2.58. The number of hydrogen-bond donors (Lipinski definition) is 0. The Morgan fingerprint density at radius 2 is 0.488 bits per heavy atom. The standard InChI is InChI=1S/C38H84N3/c1-9-12-15-17-19-21-23-25-27-30-32-39(4,5)35-37-41(8,34-29-14-11-3)38-36-40(6,7)33-31-28-26-24-22-20-18-16-13-10-2/h9-38H2,1-8H3/q+3. The smallest absolute Gasteiger partial charge is 0.128 e. The van der Waals surface area contributed by atoms with Gasteiger partial charge in [0.25, 0.3) is 0 Å². The predicted octanol–water partition coefficient (Wildman–Crippen LogP) is 10.6. The van der Waals surface area contributed by atoms with Crippen molar-refractivity contribution in [2.75, 3.05) is 81.1 Å². The molecular formula is C38H84N3+3. The van der Waals surface area contributed by atoms with E-state index in [9.17, 15) is 0 Å². The van der Waals surface area contributed by atoms with Crippen molar-refractivity contribution in [3.8, 4) is 0 Å². The molecule has 0 saturated carbocycles. The summed E-state index contributed by atoms with van der Waals surface area (Å²) in [5, 5.41) is 0. The SMILES string of the molecule is CCCCCCCCCCCC[N+](C)(C)CC[N+](C)(CCCCC)CC[N+](C)(C)CCCCCCCCCCCC. The van der Waals surface area contributed by atoms with E-state index in [0.29, 0.717) is 0 Å². The highest BCUT2D eigenvalue weighted by Crippen LogP contribution is 2.16. The van der Waals surface area contributed by atoms with Crippen molar-refractivity contribution >= 4 is 0 Å². The normalized spacial score (nSPS) is 12.9. The molecule has 0 atom stereocenters. The fourth-order valence-corrected chi connectivity index (χ4v) is 6.38. The number of unbranched alkanes of at least 4 members (excludes halogenated alkanes) is 20. The third kappa shape index (κ3) is 27.2. The van der Waals surface area contributed by atoms with Crippen LogP contribution in [0.1, 0.15) is 168 Å². The van der Waals surface area contributed by atoms with E-state index < -0.39 is 0 Å². The summed E-state index contributed by atoms with van der Waals surface area (Å²) in [6.45, 7) is 16.4. The van der Waals surface area contributed by atoms with Crippen LogP contribution in [0.25, 0.3) is 0 Å². The van der Waals surface area contributed by atoms with Crippen LogP contribution >= 0.6 is 0 Å². The van der Waals surface area contributed by atoms with Crippen molar-refractivity contribution in [2.24, 2.45) is 0 Å². The second-order valence-electron chi connectivity index (χ2n) is 15.6. The molecule has 0 heterocycles. The molecule has 3 heteroatoms. The molecule has 0 aliphatic rings. The molecule has 0 aromatic rings. The molecule has 0 radical (unpaired) electrons. The molecule has 0 aromatic carbocycles. The topological polar surface area (TPSA) is 0 Å². The molecule has 0 unspecified atom stereocenters. The lowest BCUT2D eigenvalue weighted by molar-refractivity contribution is -0.977. The average Bonchev–Trinajstić information content (AvgIpc) is 2.93. The van der Waals surface area contributed by atoms with Crippen LogP contribution in [0.5, 0.6) is 0 Å². The van der Waals surface area contributed by atoms with Crippen molar-refractivity contribution in [3.63, 3.8) is 0 Å². The molecule has 0 aliphatic heterocycles. The third-order valence-corrected chi connectivity index (χ3v) is 10.0. The Balaban J connectivity index is 4.33. The van der Waals surface area contributed by atoms with Gasteiger partial charge in [0.1, 0.15) is 26.2 Å². The first-order valence-electron chi connectivity index (χ1n) is 19.1. The van der Waals surface area contributed by atoms with Gasteiger partial charge in [0.2, 0.25) is 0 Å². The van der Waals surface area contributed by atoms with Crippen LogP contribution in [0.15, 0.2) is 0 Å². The summed E-state index contributed by atoms with van der Waals surface area (Å²) >= 11 is 0. The van der Waals surface area contributed by atoms with Crippen LogP contribution in [0.3, 0.4) is 0 Å². The lowest BCUT2D eigenvalue weighted by Gasteiger charge is -2.40. The molecule has 3 nitrogen and oxygen atoms in total. The first-order valence-corrected chi connectivity index (χ1v) is 19.1. The zero-order valence-corrected chi connectivity index (χ0v) is 30.6. The van der Waals surface area contributed by atoms with E-state index in [2.05, 4.69) is 56.0 Å². The molecule has 0 bridgehead atoms. The summed E-state index contributed by atoms with van der Waals surface area (Å²) in [4.78, 5) is 0. The van der Waals surface area contributed by atoms with Crippen LogP contribution in [0, 0.1) is 0 Å². The molecule has 0 fully saturated rings.